The van der Waals surface area contributed by atoms with Crippen molar-refractivity contribution in [2.45, 2.75) is 32.4 Å². The van der Waals surface area contributed by atoms with Crippen molar-refractivity contribution in [1.82, 2.24) is 10.6 Å². The minimum atomic E-state index is -2.85. The first-order valence-electron chi connectivity index (χ1n) is 7.09. The quantitative estimate of drug-likeness (QED) is 0.841. The zero-order valence-corrected chi connectivity index (χ0v) is 13.2. The van der Waals surface area contributed by atoms with Gasteiger partial charge in [-0.25, -0.2) is 0 Å². The summed E-state index contributed by atoms with van der Waals surface area (Å²) in [5.74, 6) is 0.464. The maximum atomic E-state index is 12.2. The summed E-state index contributed by atoms with van der Waals surface area (Å²) in [6, 6.07) is 6.16. The molecule has 2 N–H and O–H groups in total. The van der Waals surface area contributed by atoms with Crippen molar-refractivity contribution in [2.75, 3.05) is 13.1 Å². The number of carbonyl (C=O) groups excluding carboxylic acids is 1. The van der Waals surface area contributed by atoms with Gasteiger partial charge in [-0.05, 0) is 50.0 Å². The maximum absolute atomic E-state index is 12.2. The van der Waals surface area contributed by atoms with Gasteiger partial charge in [-0.15, -0.1) is 12.4 Å². The Kier molecular flexibility index (Phi) is 7.55. The van der Waals surface area contributed by atoms with Crippen LogP contribution in [0.5, 0.6) is 5.75 Å². The van der Waals surface area contributed by atoms with Gasteiger partial charge in [-0.1, -0.05) is 12.1 Å². The van der Waals surface area contributed by atoms with Gasteiger partial charge in [0.25, 0.3) is 0 Å². The normalized spacial score (nSPS) is 18.6. The summed E-state index contributed by atoms with van der Waals surface area (Å²) in [7, 11) is 0. The number of ether oxygens (including phenoxy) is 1. The minimum absolute atomic E-state index is 0. The molecule has 1 heterocycles. The Morgan fingerprint density at radius 1 is 1.50 bits per heavy atom. The number of nitrogens with one attached hydrogen (secondary N) is 2. The van der Waals surface area contributed by atoms with Crippen LogP contribution in [0.4, 0.5) is 8.78 Å². The lowest BCUT2D eigenvalue weighted by Crippen LogP contribution is -2.28. The third kappa shape index (κ3) is 5.77. The van der Waals surface area contributed by atoms with E-state index in [2.05, 4.69) is 15.4 Å². The number of amides is 1. The van der Waals surface area contributed by atoms with E-state index in [1.807, 2.05) is 6.92 Å². The van der Waals surface area contributed by atoms with Crippen LogP contribution in [0.3, 0.4) is 0 Å². The molecule has 1 aliphatic rings. The van der Waals surface area contributed by atoms with Gasteiger partial charge in [0.2, 0.25) is 5.91 Å². The molecule has 4 nitrogen and oxygen atoms in total. The van der Waals surface area contributed by atoms with Crippen LogP contribution in [0, 0.1) is 5.92 Å². The molecule has 124 valence electrons. The van der Waals surface area contributed by atoms with Gasteiger partial charge >= 0.3 is 6.61 Å². The molecule has 0 aliphatic carbocycles. The Morgan fingerprint density at radius 3 is 2.91 bits per heavy atom. The van der Waals surface area contributed by atoms with Crippen molar-refractivity contribution in [2.24, 2.45) is 5.92 Å². The van der Waals surface area contributed by atoms with Gasteiger partial charge < -0.3 is 15.4 Å². The summed E-state index contributed by atoms with van der Waals surface area (Å²) >= 11 is 0. The number of halogens is 3. The summed E-state index contributed by atoms with van der Waals surface area (Å²) in [6.07, 6.45) is 1.50. The van der Waals surface area contributed by atoms with Crippen LogP contribution >= 0.6 is 12.4 Å². The first-order chi connectivity index (χ1) is 10.0. The van der Waals surface area contributed by atoms with Crippen molar-refractivity contribution in [3.8, 4) is 5.75 Å². The standard InChI is InChI=1S/C15H20F2N2O2.ClH/c1-10(19-14(20)7-11-5-6-18-9-11)12-3-2-4-13(8-12)21-15(16)17;/h2-4,8,10-11,15,18H,5-7,9H2,1H3,(H,19,20);1H. The van der Waals surface area contributed by atoms with Gasteiger partial charge in [0.05, 0.1) is 6.04 Å². The minimum Gasteiger partial charge on any atom is -0.435 e. The summed E-state index contributed by atoms with van der Waals surface area (Å²) in [6.45, 7) is 0.812. The molecule has 0 radical (unpaired) electrons. The van der Waals surface area contributed by atoms with Crippen LogP contribution in [-0.4, -0.2) is 25.6 Å². The number of carbonyl (C=O) groups is 1. The Bertz CT molecular complexity index is 482. The molecule has 7 heteroatoms. The second kappa shape index (κ2) is 8.90. The predicted octanol–water partition coefficient (Wildman–Crippen LogP) is 2.89. The van der Waals surface area contributed by atoms with Gasteiger partial charge in [0, 0.05) is 6.42 Å². The average molecular weight is 335 g/mol. The summed E-state index contributed by atoms with van der Waals surface area (Å²) in [4.78, 5) is 12.0. The summed E-state index contributed by atoms with van der Waals surface area (Å²) < 4.78 is 28.7. The lowest BCUT2D eigenvalue weighted by molar-refractivity contribution is -0.122. The summed E-state index contributed by atoms with van der Waals surface area (Å²) in [5, 5.41) is 6.11. The monoisotopic (exact) mass is 334 g/mol. The number of rotatable bonds is 6. The van der Waals surface area contributed by atoms with Gasteiger partial charge in [0.15, 0.2) is 0 Å². The highest BCUT2D eigenvalue weighted by molar-refractivity contribution is 5.85. The molecule has 0 bridgehead atoms. The Hall–Kier alpha value is -1.40. The highest BCUT2D eigenvalue weighted by Gasteiger charge is 2.19. The van der Waals surface area contributed by atoms with E-state index in [0.29, 0.717) is 12.3 Å². The molecule has 0 saturated carbocycles. The molecule has 1 aromatic carbocycles. The van der Waals surface area contributed by atoms with E-state index >= 15 is 0 Å². The van der Waals surface area contributed by atoms with E-state index in [4.69, 9.17) is 0 Å². The molecule has 2 atom stereocenters. The fraction of sp³-hybridized carbons (Fsp3) is 0.533. The SMILES string of the molecule is CC(NC(=O)CC1CCNC1)c1cccc(OC(F)F)c1.Cl. The molecular weight excluding hydrogens is 314 g/mol. The molecule has 2 unspecified atom stereocenters. The van der Waals surface area contributed by atoms with Crippen molar-refractivity contribution in [3.63, 3.8) is 0 Å². The topological polar surface area (TPSA) is 50.4 Å². The van der Waals surface area contributed by atoms with Crippen molar-refractivity contribution in [1.29, 1.82) is 0 Å². The molecule has 1 fully saturated rings. The maximum Gasteiger partial charge on any atom is 0.387 e. The van der Waals surface area contributed by atoms with Gasteiger partial charge in [-0.2, -0.15) is 8.78 Å². The van der Waals surface area contributed by atoms with Crippen LogP contribution in [0.25, 0.3) is 0 Å². The third-order valence-electron chi connectivity index (χ3n) is 3.60. The number of hydrogen-bond donors (Lipinski definition) is 2. The highest BCUT2D eigenvalue weighted by Crippen LogP contribution is 2.21. The fourth-order valence-electron chi connectivity index (χ4n) is 2.49. The lowest BCUT2D eigenvalue weighted by Gasteiger charge is -2.17. The van der Waals surface area contributed by atoms with E-state index in [1.54, 1.807) is 12.1 Å². The molecule has 0 spiro atoms. The molecule has 1 saturated heterocycles. The van der Waals surface area contributed by atoms with Crippen molar-refractivity contribution < 1.29 is 18.3 Å². The molecule has 1 amide bonds. The fourth-order valence-corrected chi connectivity index (χ4v) is 2.49. The number of alkyl halides is 2. The third-order valence-corrected chi connectivity index (χ3v) is 3.60. The van der Waals surface area contributed by atoms with Crippen LogP contribution in [0.2, 0.25) is 0 Å². The second-order valence-corrected chi connectivity index (χ2v) is 5.30. The first kappa shape index (κ1) is 18.6. The number of hydrogen-bond acceptors (Lipinski definition) is 3. The smallest absolute Gasteiger partial charge is 0.387 e. The van der Waals surface area contributed by atoms with Gasteiger partial charge in [0.1, 0.15) is 5.75 Å². The zero-order valence-electron chi connectivity index (χ0n) is 12.4. The van der Waals surface area contributed by atoms with Crippen LogP contribution in [0.1, 0.15) is 31.4 Å². The molecule has 2 rings (SSSR count). The lowest BCUT2D eigenvalue weighted by atomic mass is 10.0. The van der Waals surface area contributed by atoms with E-state index in [9.17, 15) is 13.6 Å². The van der Waals surface area contributed by atoms with Crippen molar-refractivity contribution in [3.05, 3.63) is 29.8 Å². The zero-order chi connectivity index (χ0) is 15.2. The molecule has 1 aliphatic heterocycles. The predicted molar refractivity (Wildman–Crippen MR) is 82.5 cm³/mol. The number of benzene rings is 1. The first-order valence-corrected chi connectivity index (χ1v) is 7.09. The van der Waals surface area contributed by atoms with Crippen molar-refractivity contribution >= 4 is 18.3 Å². The molecule has 1 aromatic rings. The van der Waals surface area contributed by atoms with Crippen LogP contribution < -0.4 is 15.4 Å². The van der Waals surface area contributed by atoms with E-state index in [-0.39, 0.29) is 30.1 Å². The highest BCUT2D eigenvalue weighted by atomic mass is 35.5. The largest absolute Gasteiger partial charge is 0.435 e. The Labute approximate surface area is 135 Å². The molecule has 0 aromatic heterocycles. The molecule has 22 heavy (non-hydrogen) atoms. The van der Waals surface area contributed by atoms with Crippen LogP contribution in [0.15, 0.2) is 24.3 Å². The Balaban J connectivity index is 0.00000242. The Morgan fingerprint density at radius 2 is 2.27 bits per heavy atom. The van der Waals surface area contributed by atoms with Gasteiger partial charge in [-0.3, -0.25) is 4.79 Å². The van der Waals surface area contributed by atoms with Crippen LogP contribution in [-0.2, 0) is 4.79 Å². The van der Waals surface area contributed by atoms with E-state index in [1.165, 1.54) is 12.1 Å². The summed E-state index contributed by atoms with van der Waals surface area (Å²) in [5.41, 5.74) is 0.742. The average Bonchev–Trinajstić information content (AvgIpc) is 2.90. The van der Waals surface area contributed by atoms with E-state index < -0.39 is 6.61 Å². The van der Waals surface area contributed by atoms with E-state index in [0.717, 1.165) is 25.1 Å². The second-order valence-electron chi connectivity index (χ2n) is 5.30. The molecular formula is C15H21ClF2N2O2.